The molecule has 0 radical (unpaired) electrons. The van der Waals surface area contributed by atoms with Crippen molar-refractivity contribution in [3.8, 4) is 0 Å². The lowest BCUT2D eigenvalue weighted by Crippen LogP contribution is -2.03. The lowest BCUT2D eigenvalue weighted by Gasteiger charge is -2.11. The van der Waals surface area contributed by atoms with E-state index in [1.165, 1.54) is 12.8 Å². The number of hydrogen-bond acceptors (Lipinski definition) is 1. The van der Waals surface area contributed by atoms with Gasteiger partial charge in [-0.2, -0.15) is 0 Å². The molecule has 1 fully saturated rings. The van der Waals surface area contributed by atoms with Crippen LogP contribution >= 0.6 is 0 Å². The molecule has 0 saturated heterocycles. The van der Waals surface area contributed by atoms with Crippen LogP contribution in [0.1, 0.15) is 12.8 Å². The van der Waals surface area contributed by atoms with Gasteiger partial charge in [-0.15, -0.1) is 0 Å². The maximum absolute atomic E-state index is 5.34. The van der Waals surface area contributed by atoms with Gasteiger partial charge in [0.25, 0.3) is 0 Å². The second-order valence-corrected chi connectivity index (χ2v) is 3.33. The van der Waals surface area contributed by atoms with E-state index >= 15 is 0 Å². The first kappa shape index (κ1) is 6.02. The Labute approximate surface area is 61.6 Å². The minimum Gasteiger partial charge on any atom is -0.405 e. The molecule has 3 atom stereocenters. The van der Waals surface area contributed by atoms with Crippen LogP contribution in [0.2, 0.25) is 0 Å². The van der Waals surface area contributed by atoms with Crippen LogP contribution in [0.3, 0.4) is 0 Å². The quantitative estimate of drug-likeness (QED) is 0.544. The third-order valence-corrected chi connectivity index (χ3v) is 2.69. The van der Waals surface area contributed by atoms with Crippen molar-refractivity contribution in [2.45, 2.75) is 12.8 Å². The van der Waals surface area contributed by atoms with Gasteiger partial charge in [0.05, 0.1) is 0 Å². The lowest BCUT2D eigenvalue weighted by atomic mass is 9.94. The minimum absolute atomic E-state index is 0.750. The molecule has 0 amide bonds. The molecule has 2 aliphatic rings. The molecule has 10 heavy (non-hydrogen) atoms. The van der Waals surface area contributed by atoms with E-state index in [4.69, 9.17) is 5.73 Å². The molecule has 1 saturated carbocycles. The SMILES string of the molecule is N/C=C/C1CC2C=CC1C2. The summed E-state index contributed by atoms with van der Waals surface area (Å²) in [6.07, 6.45) is 11.2. The number of allylic oxidation sites excluding steroid dienone is 3. The van der Waals surface area contributed by atoms with Crippen LogP contribution in [0.25, 0.3) is 0 Å². The van der Waals surface area contributed by atoms with E-state index in [0.717, 1.165) is 17.8 Å². The fourth-order valence-electron chi connectivity index (χ4n) is 2.19. The molecule has 0 aromatic carbocycles. The molecule has 2 rings (SSSR count). The summed E-state index contributed by atoms with van der Waals surface area (Å²) < 4.78 is 0. The molecule has 0 aliphatic heterocycles. The fraction of sp³-hybridized carbons (Fsp3) is 0.556. The van der Waals surface area contributed by atoms with Crippen LogP contribution in [0.5, 0.6) is 0 Å². The largest absolute Gasteiger partial charge is 0.405 e. The van der Waals surface area contributed by atoms with Crippen LogP contribution in [0.15, 0.2) is 24.4 Å². The van der Waals surface area contributed by atoms with Crippen molar-refractivity contribution in [2.24, 2.45) is 23.5 Å². The third kappa shape index (κ3) is 0.772. The summed E-state index contributed by atoms with van der Waals surface area (Å²) in [5.74, 6) is 2.43. The van der Waals surface area contributed by atoms with Gasteiger partial charge in [0.15, 0.2) is 0 Å². The first-order chi connectivity index (χ1) is 4.90. The molecule has 3 unspecified atom stereocenters. The molecule has 0 aromatic heterocycles. The predicted molar refractivity (Wildman–Crippen MR) is 42.2 cm³/mol. The maximum Gasteiger partial charge on any atom is -0.01000 e. The highest BCUT2D eigenvalue weighted by atomic mass is 14.5. The topological polar surface area (TPSA) is 26.0 Å². The van der Waals surface area contributed by atoms with Gasteiger partial charge in [-0.3, -0.25) is 0 Å². The van der Waals surface area contributed by atoms with Gasteiger partial charge in [0.2, 0.25) is 0 Å². The number of fused-ring (bicyclic) bond motifs is 2. The zero-order valence-corrected chi connectivity index (χ0v) is 6.03. The molecule has 1 nitrogen and oxygen atoms in total. The highest BCUT2D eigenvalue weighted by Gasteiger charge is 2.33. The second kappa shape index (κ2) is 2.15. The van der Waals surface area contributed by atoms with Gasteiger partial charge < -0.3 is 5.73 Å². The van der Waals surface area contributed by atoms with Crippen molar-refractivity contribution < 1.29 is 0 Å². The average molecular weight is 135 g/mol. The smallest absolute Gasteiger partial charge is 0.01000 e. The number of nitrogens with two attached hydrogens (primary N) is 1. The zero-order chi connectivity index (χ0) is 6.97. The molecular formula is C9H13N. The summed E-state index contributed by atoms with van der Waals surface area (Å²) in [5.41, 5.74) is 5.34. The Balaban J connectivity index is 2.09. The summed E-state index contributed by atoms with van der Waals surface area (Å²) in [7, 11) is 0. The lowest BCUT2D eigenvalue weighted by molar-refractivity contribution is 0.549. The standard InChI is InChI=1S/C9H13N/c10-4-3-9-6-7-1-2-8(9)5-7/h1-4,7-9H,5-6,10H2/b4-3+. The van der Waals surface area contributed by atoms with Crippen molar-refractivity contribution in [2.75, 3.05) is 0 Å². The van der Waals surface area contributed by atoms with Crippen molar-refractivity contribution in [3.05, 3.63) is 24.4 Å². The van der Waals surface area contributed by atoms with Gasteiger partial charge in [-0.25, -0.2) is 0 Å². The molecule has 1 heteroatoms. The highest BCUT2D eigenvalue weighted by Crippen LogP contribution is 2.43. The summed E-state index contributed by atoms with van der Waals surface area (Å²) in [4.78, 5) is 0. The van der Waals surface area contributed by atoms with Crippen molar-refractivity contribution >= 4 is 0 Å². The van der Waals surface area contributed by atoms with Crippen LogP contribution in [-0.2, 0) is 0 Å². The Kier molecular flexibility index (Phi) is 1.30. The summed E-state index contributed by atoms with van der Waals surface area (Å²) in [5, 5.41) is 0. The summed E-state index contributed by atoms with van der Waals surface area (Å²) >= 11 is 0. The molecular weight excluding hydrogens is 122 g/mol. The molecule has 0 spiro atoms. The molecule has 2 N–H and O–H groups in total. The zero-order valence-electron chi connectivity index (χ0n) is 6.03. The van der Waals surface area contributed by atoms with Crippen LogP contribution in [0, 0.1) is 17.8 Å². The second-order valence-electron chi connectivity index (χ2n) is 3.33. The van der Waals surface area contributed by atoms with Crippen LogP contribution in [0.4, 0.5) is 0 Å². The van der Waals surface area contributed by atoms with Gasteiger partial charge in [-0.1, -0.05) is 18.2 Å². The van der Waals surface area contributed by atoms with Gasteiger partial charge in [-0.05, 0) is 36.8 Å². The molecule has 2 bridgehead atoms. The van der Waals surface area contributed by atoms with E-state index in [9.17, 15) is 0 Å². The Morgan fingerprint density at radius 2 is 2.20 bits per heavy atom. The molecule has 54 valence electrons. The first-order valence-electron chi connectivity index (χ1n) is 3.97. The Hall–Kier alpha value is -0.720. The van der Waals surface area contributed by atoms with E-state index in [0.29, 0.717) is 0 Å². The van der Waals surface area contributed by atoms with E-state index in [1.807, 2.05) is 0 Å². The predicted octanol–water partition coefficient (Wildman–Crippen LogP) is 1.67. The van der Waals surface area contributed by atoms with Gasteiger partial charge in [0, 0.05) is 0 Å². The van der Waals surface area contributed by atoms with E-state index < -0.39 is 0 Å². The van der Waals surface area contributed by atoms with Crippen LogP contribution < -0.4 is 5.73 Å². The number of hydrogen-bond donors (Lipinski definition) is 1. The molecule has 2 aliphatic carbocycles. The van der Waals surface area contributed by atoms with E-state index in [-0.39, 0.29) is 0 Å². The van der Waals surface area contributed by atoms with Crippen molar-refractivity contribution in [3.63, 3.8) is 0 Å². The number of rotatable bonds is 1. The van der Waals surface area contributed by atoms with Gasteiger partial charge in [0.1, 0.15) is 0 Å². The Morgan fingerprint density at radius 3 is 2.70 bits per heavy atom. The van der Waals surface area contributed by atoms with Gasteiger partial charge >= 0.3 is 0 Å². The molecule has 0 aromatic rings. The maximum atomic E-state index is 5.34. The monoisotopic (exact) mass is 135 g/mol. The highest BCUT2D eigenvalue weighted by molar-refractivity contribution is 5.13. The van der Waals surface area contributed by atoms with Crippen molar-refractivity contribution in [1.29, 1.82) is 0 Å². The Bertz CT molecular complexity index is 181. The summed E-state index contributed by atoms with van der Waals surface area (Å²) in [6.45, 7) is 0. The normalized spacial score (nSPS) is 43.8. The Morgan fingerprint density at radius 1 is 1.30 bits per heavy atom. The summed E-state index contributed by atoms with van der Waals surface area (Å²) in [6, 6.07) is 0. The minimum atomic E-state index is 0.750. The fourth-order valence-corrected chi connectivity index (χ4v) is 2.19. The van der Waals surface area contributed by atoms with Crippen molar-refractivity contribution in [1.82, 2.24) is 0 Å². The van der Waals surface area contributed by atoms with Crippen LogP contribution in [-0.4, -0.2) is 0 Å². The molecule has 0 heterocycles. The third-order valence-electron chi connectivity index (χ3n) is 2.69. The average Bonchev–Trinajstić information content (AvgIpc) is 2.48. The first-order valence-corrected chi connectivity index (χ1v) is 3.97. The van der Waals surface area contributed by atoms with E-state index in [1.54, 1.807) is 6.20 Å². The van der Waals surface area contributed by atoms with E-state index in [2.05, 4.69) is 18.2 Å².